The normalized spacial score (nSPS) is 15.1. The number of aryl methyl sites for hydroxylation is 2. The van der Waals surface area contributed by atoms with Crippen LogP contribution in [0.25, 0.3) is 12.2 Å². The molecule has 0 bridgehead atoms. The van der Waals surface area contributed by atoms with Crippen LogP contribution in [0, 0.1) is 19.8 Å². The standard InChI is InChI=1S/C26H30N2O2/c1-20-3-7-22(8-4-20)11-13-25(29)27-19-24-15-17-28(18-16-24)26(30)14-12-23-9-5-21(2)6-10-23/h3-14,24H,15-19H2,1-2H3,(H,27,29)/b13-11+,14-12+. The van der Waals surface area contributed by atoms with Crippen molar-refractivity contribution >= 4 is 24.0 Å². The van der Waals surface area contributed by atoms with Gasteiger partial charge in [-0.15, -0.1) is 0 Å². The Balaban J connectivity index is 1.38. The number of carbonyl (C=O) groups is 2. The van der Waals surface area contributed by atoms with Crippen LogP contribution in [0.1, 0.15) is 35.1 Å². The maximum absolute atomic E-state index is 12.4. The third-order valence-electron chi connectivity index (χ3n) is 5.49. The fraction of sp³-hybridized carbons (Fsp3) is 0.308. The van der Waals surface area contributed by atoms with Gasteiger partial charge in [-0.25, -0.2) is 0 Å². The zero-order valence-corrected chi connectivity index (χ0v) is 17.8. The smallest absolute Gasteiger partial charge is 0.246 e. The quantitative estimate of drug-likeness (QED) is 0.729. The second kappa shape index (κ2) is 10.6. The first kappa shape index (κ1) is 21.6. The average Bonchev–Trinajstić information content (AvgIpc) is 2.77. The summed E-state index contributed by atoms with van der Waals surface area (Å²) < 4.78 is 0. The van der Waals surface area contributed by atoms with E-state index in [1.807, 2.05) is 79.4 Å². The molecule has 1 N–H and O–H groups in total. The number of nitrogens with zero attached hydrogens (tertiary/aromatic N) is 1. The fourth-order valence-corrected chi connectivity index (χ4v) is 3.46. The summed E-state index contributed by atoms with van der Waals surface area (Å²) >= 11 is 0. The Labute approximate surface area is 179 Å². The number of piperidine rings is 1. The first-order valence-corrected chi connectivity index (χ1v) is 10.6. The molecule has 156 valence electrons. The molecule has 0 atom stereocenters. The van der Waals surface area contributed by atoms with Gasteiger partial charge in [0.05, 0.1) is 0 Å². The molecule has 0 aromatic heterocycles. The van der Waals surface area contributed by atoms with Gasteiger partial charge in [0.25, 0.3) is 0 Å². The number of likely N-dealkylation sites (tertiary alicyclic amines) is 1. The molecule has 2 aromatic rings. The van der Waals surface area contributed by atoms with E-state index in [9.17, 15) is 9.59 Å². The van der Waals surface area contributed by atoms with Crippen LogP contribution < -0.4 is 5.32 Å². The number of hydrogen-bond acceptors (Lipinski definition) is 2. The molecule has 2 aromatic carbocycles. The van der Waals surface area contributed by atoms with Crippen LogP contribution in [0.2, 0.25) is 0 Å². The van der Waals surface area contributed by atoms with Crippen LogP contribution in [0.5, 0.6) is 0 Å². The lowest BCUT2D eigenvalue weighted by Crippen LogP contribution is -2.40. The minimum atomic E-state index is -0.0740. The minimum absolute atomic E-state index is 0.0547. The maximum atomic E-state index is 12.4. The zero-order valence-electron chi connectivity index (χ0n) is 17.8. The number of benzene rings is 2. The Bertz CT molecular complexity index is 903. The van der Waals surface area contributed by atoms with Crippen molar-refractivity contribution in [3.05, 3.63) is 82.9 Å². The molecule has 1 aliphatic heterocycles. The van der Waals surface area contributed by atoms with Crippen molar-refractivity contribution in [2.45, 2.75) is 26.7 Å². The van der Waals surface area contributed by atoms with E-state index in [2.05, 4.69) is 5.32 Å². The summed E-state index contributed by atoms with van der Waals surface area (Å²) in [7, 11) is 0. The van der Waals surface area contributed by atoms with Crippen molar-refractivity contribution in [3.63, 3.8) is 0 Å². The lowest BCUT2D eigenvalue weighted by molar-refractivity contribution is -0.127. The molecular weight excluding hydrogens is 372 g/mol. The molecule has 1 saturated heterocycles. The molecule has 1 heterocycles. The molecule has 0 radical (unpaired) electrons. The van der Waals surface area contributed by atoms with E-state index in [0.717, 1.165) is 37.1 Å². The second-order valence-electron chi connectivity index (χ2n) is 8.00. The summed E-state index contributed by atoms with van der Waals surface area (Å²) in [6.07, 6.45) is 8.75. The molecule has 4 heteroatoms. The first-order valence-electron chi connectivity index (χ1n) is 10.6. The Morgan fingerprint density at radius 1 is 0.867 bits per heavy atom. The van der Waals surface area contributed by atoms with Crippen molar-refractivity contribution in [1.82, 2.24) is 10.2 Å². The van der Waals surface area contributed by atoms with Crippen molar-refractivity contribution in [1.29, 1.82) is 0 Å². The van der Waals surface area contributed by atoms with E-state index in [-0.39, 0.29) is 11.8 Å². The van der Waals surface area contributed by atoms with E-state index in [1.54, 1.807) is 12.2 Å². The summed E-state index contributed by atoms with van der Waals surface area (Å²) in [6, 6.07) is 16.2. The van der Waals surface area contributed by atoms with E-state index in [0.29, 0.717) is 12.5 Å². The van der Waals surface area contributed by atoms with Gasteiger partial charge >= 0.3 is 0 Å². The van der Waals surface area contributed by atoms with E-state index in [1.165, 1.54) is 11.1 Å². The second-order valence-corrected chi connectivity index (χ2v) is 8.00. The Kier molecular flexibility index (Phi) is 7.61. The number of rotatable bonds is 6. The van der Waals surface area contributed by atoms with Gasteiger partial charge in [-0.1, -0.05) is 59.7 Å². The molecule has 1 aliphatic rings. The molecule has 0 saturated carbocycles. The predicted molar refractivity (Wildman–Crippen MR) is 123 cm³/mol. The van der Waals surface area contributed by atoms with Gasteiger partial charge in [-0.3, -0.25) is 9.59 Å². The fourth-order valence-electron chi connectivity index (χ4n) is 3.46. The molecule has 1 fully saturated rings. The zero-order chi connectivity index (χ0) is 21.3. The highest BCUT2D eigenvalue weighted by atomic mass is 16.2. The van der Waals surface area contributed by atoms with E-state index >= 15 is 0 Å². The van der Waals surface area contributed by atoms with Crippen molar-refractivity contribution < 1.29 is 9.59 Å². The number of amides is 2. The average molecular weight is 403 g/mol. The van der Waals surface area contributed by atoms with Gasteiger partial charge in [-0.2, -0.15) is 0 Å². The van der Waals surface area contributed by atoms with Crippen molar-refractivity contribution in [3.8, 4) is 0 Å². The lowest BCUT2D eigenvalue weighted by atomic mass is 9.96. The molecule has 30 heavy (non-hydrogen) atoms. The van der Waals surface area contributed by atoms with E-state index < -0.39 is 0 Å². The SMILES string of the molecule is Cc1ccc(/C=C/C(=O)NCC2CCN(C(=O)/C=C/c3ccc(C)cc3)CC2)cc1. The molecule has 0 spiro atoms. The third-order valence-corrected chi connectivity index (χ3v) is 5.49. The van der Waals surface area contributed by atoms with Gasteiger partial charge < -0.3 is 10.2 Å². The number of carbonyl (C=O) groups excluding carboxylic acids is 2. The topological polar surface area (TPSA) is 49.4 Å². The molecule has 0 aliphatic carbocycles. The van der Waals surface area contributed by atoms with Gasteiger partial charge in [0, 0.05) is 31.8 Å². The summed E-state index contributed by atoms with van der Waals surface area (Å²) in [5, 5.41) is 2.99. The van der Waals surface area contributed by atoms with Gasteiger partial charge in [0.15, 0.2) is 0 Å². The molecular formula is C26H30N2O2. The van der Waals surface area contributed by atoms with Crippen molar-refractivity contribution in [2.75, 3.05) is 19.6 Å². The highest BCUT2D eigenvalue weighted by Crippen LogP contribution is 2.17. The summed E-state index contributed by atoms with van der Waals surface area (Å²) in [5.41, 5.74) is 4.46. The third kappa shape index (κ3) is 6.73. The predicted octanol–water partition coefficient (Wildman–Crippen LogP) is 4.38. The Morgan fingerprint density at radius 2 is 1.37 bits per heavy atom. The van der Waals surface area contributed by atoms with Crippen molar-refractivity contribution in [2.24, 2.45) is 5.92 Å². The summed E-state index contributed by atoms with van der Waals surface area (Å²) in [4.78, 5) is 26.4. The van der Waals surface area contributed by atoms with Crippen LogP contribution in [-0.4, -0.2) is 36.3 Å². The Morgan fingerprint density at radius 3 is 1.90 bits per heavy atom. The summed E-state index contributed by atoms with van der Waals surface area (Å²) in [5.74, 6) is 0.390. The lowest BCUT2D eigenvalue weighted by Gasteiger charge is -2.31. The van der Waals surface area contributed by atoms with Crippen LogP contribution in [0.3, 0.4) is 0 Å². The van der Waals surface area contributed by atoms with Gasteiger partial charge in [0.1, 0.15) is 0 Å². The minimum Gasteiger partial charge on any atom is -0.352 e. The first-order chi connectivity index (χ1) is 14.5. The molecule has 3 rings (SSSR count). The maximum Gasteiger partial charge on any atom is 0.246 e. The summed E-state index contributed by atoms with van der Waals surface area (Å²) in [6.45, 7) is 6.21. The largest absolute Gasteiger partial charge is 0.352 e. The van der Waals surface area contributed by atoms with E-state index in [4.69, 9.17) is 0 Å². The van der Waals surface area contributed by atoms with Gasteiger partial charge in [0.2, 0.25) is 11.8 Å². The van der Waals surface area contributed by atoms with Gasteiger partial charge in [-0.05, 0) is 55.9 Å². The Hall–Kier alpha value is -3.14. The molecule has 2 amide bonds. The molecule has 4 nitrogen and oxygen atoms in total. The van der Waals surface area contributed by atoms with Crippen LogP contribution >= 0.6 is 0 Å². The highest BCUT2D eigenvalue weighted by molar-refractivity contribution is 5.92. The van der Waals surface area contributed by atoms with Crippen LogP contribution in [0.4, 0.5) is 0 Å². The number of hydrogen-bond donors (Lipinski definition) is 1. The monoisotopic (exact) mass is 402 g/mol. The molecule has 0 unspecified atom stereocenters. The van der Waals surface area contributed by atoms with Crippen LogP contribution in [-0.2, 0) is 9.59 Å². The van der Waals surface area contributed by atoms with Crippen LogP contribution in [0.15, 0.2) is 60.7 Å². The highest BCUT2D eigenvalue weighted by Gasteiger charge is 2.21. The number of nitrogens with one attached hydrogen (secondary N) is 1.